The number of thiophene rings is 1. The lowest BCUT2D eigenvalue weighted by Crippen LogP contribution is -2.32. The Bertz CT molecular complexity index is 636. The van der Waals surface area contributed by atoms with Crippen molar-refractivity contribution in [2.24, 2.45) is 5.41 Å². The Hall–Kier alpha value is -0.970. The van der Waals surface area contributed by atoms with Gasteiger partial charge in [-0.25, -0.2) is 9.97 Å². The van der Waals surface area contributed by atoms with Crippen molar-refractivity contribution in [2.75, 3.05) is 7.05 Å². The number of hydrogen-bond donors (Lipinski definition) is 1. The Kier molecular flexibility index (Phi) is 3.56. The van der Waals surface area contributed by atoms with Gasteiger partial charge in [0.25, 0.3) is 0 Å². The minimum atomic E-state index is 0.263. The van der Waals surface area contributed by atoms with Crippen LogP contribution in [0.5, 0.6) is 0 Å². The predicted molar refractivity (Wildman–Crippen MR) is 84.3 cm³/mol. The molecule has 0 fully saturated rings. The largest absolute Gasteiger partial charge is 0.313 e. The van der Waals surface area contributed by atoms with Crippen molar-refractivity contribution < 1.29 is 0 Å². The van der Waals surface area contributed by atoms with Crippen LogP contribution in [-0.2, 0) is 6.42 Å². The van der Waals surface area contributed by atoms with E-state index in [1.807, 2.05) is 25.4 Å². The molecule has 2 aromatic rings. The van der Waals surface area contributed by atoms with E-state index in [1.54, 1.807) is 0 Å². The van der Waals surface area contributed by atoms with Crippen molar-refractivity contribution >= 4 is 22.9 Å². The molecule has 5 heteroatoms. The SMILES string of the molecule is CNC1CC(C)(C)Cc2nc(-c3ccc(Cl)s3)ncc21. The van der Waals surface area contributed by atoms with Gasteiger partial charge in [0, 0.05) is 23.5 Å². The zero-order valence-corrected chi connectivity index (χ0v) is 13.5. The molecule has 1 atom stereocenters. The van der Waals surface area contributed by atoms with Gasteiger partial charge in [-0.2, -0.15) is 0 Å². The van der Waals surface area contributed by atoms with Crippen molar-refractivity contribution in [2.45, 2.75) is 32.7 Å². The quantitative estimate of drug-likeness (QED) is 0.908. The van der Waals surface area contributed by atoms with Crippen LogP contribution in [0.2, 0.25) is 4.34 Å². The molecule has 1 aliphatic carbocycles. The summed E-state index contributed by atoms with van der Waals surface area (Å²) in [5.74, 6) is 0.785. The molecule has 0 radical (unpaired) electrons. The summed E-state index contributed by atoms with van der Waals surface area (Å²) in [4.78, 5) is 10.3. The van der Waals surface area contributed by atoms with Gasteiger partial charge in [0.2, 0.25) is 0 Å². The number of hydrogen-bond acceptors (Lipinski definition) is 4. The molecule has 3 rings (SSSR count). The molecule has 3 nitrogen and oxygen atoms in total. The fourth-order valence-corrected chi connectivity index (χ4v) is 3.84. The molecular weight excluding hydrogens is 290 g/mol. The summed E-state index contributed by atoms with van der Waals surface area (Å²) in [6, 6.07) is 4.22. The van der Waals surface area contributed by atoms with E-state index in [9.17, 15) is 0 Å². The van der Waals surface area contributed by atoms with E-state index in [0.29, 0.717) is 6.04 Å². The van der Waals surface area contributed by atoms with E-state index in [0.717, 1.165) is 33.6 Å². The number of aromatic nitrogens is 2. The second-order valence-electron chi connectivity index (χ2n) is 6.09. The maximum atomic E-state index is 6.00. The number of rotatable bonds is 2. The molecule has 2 aromatic heterocycles. The molecule has 0 saturated heterocycles. The second kappa shape index (κ2) is 5.10. The standard InChI is InChI=1S/C15H18ClN3S/c1-15(2)6-10(17-3)9-8-18-14(19-11(9)7-15)12-4-5-13(16)20-12/h4-5,8,10,17H,6-7H2,1-3H3. The van der Waals surface area contributed by atoms with Gasteiger partial charge in [-0.1, -0.05) is 25.4 Å². The molecule has 0 aliphatic heterocycles. The average molecular weight is 308 g/mol. The monoisotopic (exact) mass is 307 g/mol. The Morgan fingerprint density at radius 3 is 2.85 bits per heavy atom. The van der Waals surface area contributed by atoms with Crippen molar-refractivity contribution in [3.63, 3.8) is 0 Å². The van der Waals surface area contributed by atoms with Gasteiger partial charge in [-0.3, -0.25) is 0 Å². The summed E-state index contributed by atoms with van der Waals surface area (Å²) in [5.41, 5.74) is 2.66. The Balaban J connectivity index is 2.04. The number of fused-ring (bicyclic) bond motifs is 1. The third kappa shape index (κ3) is 2.60. The maximum Gasteiger partial charge on any atom is 0.169 e. The summed E-state index contributed by atoms with van der Waals surface area (Å²) in [7, 11) is 2.00. The van der Waals surface area contributed by atoms with E-state index in [2.05, 4.69) is 24.1 Å². The highest BCUT2D eigenvalue weighted by Gasteiger charge is 2.32. The lowest BCUT2D eigenvalue weighted by molar-refractivity contribution is 0.260. The first-order valence-corrected chi connectivity index (χ1v) is 7.97. The lowest BCUT2D eigenvalue weighted by atomic mass is 9.74. The number of nitrogens with one attached hydrogen (secondary N) is 1. The first-order chi connectivity index (χ1) is 9.48. The summed E-state index contributed by atoms with van der Waals surface area (Å²) in [5, 5.41) is 3.38. The first-order valence-electron chi connectivity index (χ1n) is 6.77. The summed E-state index contributed by atoms with van der Waals surface area (Å²) >= 11 is 7.52. The Morgan fingerprint density at radius 1 is 1.40 bits per heavy atom. The van der Waals surface area contributed by atoms with Crippen molar-refractivity contribution in [1.82, 2.24) is 15.3 Å². The number of halogens is 1. The minimum Gasteiger partial charge on any atom is -0.313 e. The minimum absolute atomic E-state index is 0.263. The highest BCUT2D eigenvalue weighted by atomic mass is 35.5. The van der Waals surface area contributed by atoms with Crippen LogP contribution in [0.4, 0.5) is 0 Å². The van der Waals surface area contributed by atoms with E-state index in [1.165, 1.54) is 16.9 Å². The highest BCUT2D eigenvalue weighted by Crippen LogP contribution is 2.40. The van der Waals surface area contributed by atoms with Gasteiger partial charge >= 0.3 is 0 Å². The summed E-state index contributed by atoms with van der Waals surface area (Å²) in [6.07, 6.45) is 4.08. The van der Waals surface area contributed by atoms with Crippen LogP contribution < -0.4 is 5.32 Å². The van der Waals surface area contributed by atoms with Crippen LogP contribution in [0.1, 0.15) is 37.6 Å². The first kappa shape index (κ1) is 14.0. The Labute approximate surface area is 128 Å². The molecule has 20 heavy (non-hydrogen) atoms. The van der Waals surface area contributed by atoms with Gasteiger partial charge in [-0.05, 0) is 37.4 Å². The van der Waals surface area contributed by atoms with Crippen LogP contribution in [0.3, 0.4) is 0 Å². The van der Waals surface area contributed by atoms with Gasteiger partial charge in [0.1, 0.15) is 0 Å². The summed E-state index contributed by atoms with van der Waals surface area (Å²) in [6.45, 7) is 4.59. The zero-order chi connectivity index (χ0) is 14.3. The molecule has 1 unspecified atom stereocenters. The fraction of sp³-hybridized carbons (Fsp3) is 0.467. The zero-order valence-electron chi connectivity index (χ0n) is 11.9. The molecule has 1 aliphatic rings. The van der Waals surface area contributed by atoms with Gasteiger partial charge in [0.15, 0.2) is 5.82 Å². The molecule has 0 aromatic carbocycles. The van der Waals surface area contributed by atoms with Crippen LogP contribution in [-0.4, -0.2) is 17.0 Å². The van der Waals surface area contributed by atoms with Crippen LogP contribution in [0.25, 0.3) is 10.7 Å². The third-order valence-electron chi connectivity index (χ3n) is 3.82. The average Bonchev–Trinajstić information content (AvgIpc) is 2.82. The van der Waals surface area contributed by atoms with Crippen LogP contribution >= 0.6 is 22.9 Å². The number of nitrogens with zero attached hydrogens (tertiary/aromatic N) is 2. The summed E-state index contributed by atoms with van der Waals surface area (Å²) < 4.78 is 0.773. The molecule has 0 amide bonds. The topological polar surface area (TPSA) is 37.8 Å². The molecule has 0 spiro atoms. The molecule has 0 saturated carbocycles. The molecule has 1 N–H and O–H groups in total. The molecule has 106 valence electrons. The van der Waals surface area contributed by atoms with E-state index >= 15 is 0 Å². The van der Waals surface area contributed by atoms with Gasteiger partial charge < -0.3 is 5.32 Å². The van der Waals surface area contributed by atoms with E-state index in [-0.39, 0.29) is 5.41 Å². The lowest BCUT2D eigenvalue weighted by Gasteiger charge is -2.36. The van der Waals surface area contributed by atoms with Crippen molar-refractivity contribution in [1.29, 1.82) is 0 Å². The maximum absolute atomic E-state index is 6.00. The van der Waals surface area contributed by atoms with Gasteiger partial charge in [-0.15, -0.1) is 11.3 Å². The van der Waals surface area contributed by atoms with Gasteiger partial charge in [0.05, 0.1) is 9.21 Å². The van der Waals surface area contributed by atoms with Crippen molar-refractivity contribution in [3.05, 3.63) is 33.9 Å². The normalized spacial score (nSPS) is 20.7. The smallest absolute Gasteiger partial charge is 0.169 e. The highest BCUT2D eigenvalue weighted by molar-refractivity contribution is 7.19. The van der Waals surface area contributed by atoms with E-state index in [4.69, 9.17) is 16.6 Å². The Morgan fingerprint density at radius 2 is 2.20 bits per heavy atom. The molecular formula is C15H18ClN3S. The van der Waals surface area contributed by atoms with E-state index < -0.39 is 0 Å². The molecule has 0 bridgehead atoms. The van der Waals surface area contributed by atoms with Crippen LogP contribution in [0, 0.1) is 5.41 Å². The fourth-order valence-electron chi connectivity index (χ4n) is 2.86. The second-order valence-corrected chi connectivity index (χ2v) is 7.80. The van der Waals surface area contributed by atoms with Crippen LogP contribution in [0.15, 0.2) is 18.3 Å². The van der Waals surface area contributed by atoms with Crippen molar-refractivity contribution in [3.8, 4) is 10.7 Å². The molecule has 2 heterocycles. The predicted octanol–water partition coefficient (Wildman–Crippen LogP) is 4.09. The third-order valence-corrected chi connectivity index (χ3v) is 5.05.